The lowest BCUT2D eigenvalue weighted by atomic mass is 9.95. The number of nitrogens with one attached hydrogen (secondary N) is 1. The molecule has 0 radical (unpaired) electrons. The summed E-state index contributed by atoms with van der Waals surface area (Å²) in [7, 11) is 0. The van der Waals surface area contributed by atoms with Crippen molar-refractivity contribution in [3.8, 4) is 0 Å². The van der Waals surface area contributed by atoms with E-state index in [1.165, 1.54) is 0 Å². The van der Waals surface area contributed by atoms with Gasteiger partial charge in [0.05, 0.1) is 0 Å². The van der Waals surface area contributed by atoms with Crippen LogP contribution in [0.25, 0.3) is 0 Å². The molecule has 3 nitrogen and oxygen atoms in total. The molecule has 2 aliphatic rings. The fraction of sp³-hybridized carbons (Fsp3) is 0.917. The summed E-state index contributed by atoms with van der Waals surface area (Å²) in [5.74, 6) is 1.62. The Hall–Kier alpha value is -0.570. The van der Waals surface area contributed by atoms with Crippen molar-refractivity contribution in [2.75, 3.05) is 19.6 Å². The lowest BCUT2D eigenvalue weighted by Crippen LogP contribution is -2.44. The van der Waals surface area contributed by atoms with E-state index in [4.69, 9.17) is 0 Å². The molecule has 2 aliphatic heterocycles. The molecule has 0 spiro atoms. The summed E-state index contributed by atoms with van der Waals surface area (Å²) in [6, 6.07) is 0.516. The molecule has 15 heavy (non-hydrogen) atoms. The Morgan fingerprint density at radius 2 is 2.00 bits per heavy atom. The van der Waals surface area contributed by atoms with Gasteiger partial charge in [-0.3, -0.25) is 4.79 Å². The molecule has 1 N–H and O–H groups in total. The van der Waals surface area contributed by atoms with Crippen LogP contribution in [0.5, 0.6) is 0 Å². The Morgan fingerprint density at radius 3 is 2.53 bits per heavy atom. The monoisotopic (exact) mass is 210 g/mol. The molecule has 2 heterocycles. The average Bonchev–Trinajstić information content (AvgIpc) is 2.62. The fourth-order valence-corrected chi connectivity index (χ4v) is 2.68. The van der Waals surface area contributed by atoms with Gasteiger partial charge in [-0.25, -0.2) is 0 Å². The third-order valence-corrected chi connectivity index (χ3v) is 3.88. The first-order valence-electron chi connectivity index (χ1n) is 6.18. The smallest absolute Gasteiger partial charge is 0.223 e. The topological polar surface area (TPSA) is 32.3 Å². The molecule has 3 heteroatoms. The van der Waals surface area contributed by atoms with Gasteiger partial charge >= 0.3 is 0 Å². The number of likely N-dealkylation sites (tertiary alicyclic amines) is 1. The zero-order chi connectivity index (χ0) is 10.8. The zero-order valence-corrected chi connectivity index (χ0v) is 9.83. The van der Waals surface area contributed by atoms with Gasteiger partial charge in [0, 0.05) is 19.0 Å². The molecule has 0 aromatic rings. The summed E-state index contributed by atoms with van der Waals surface area (Å²) in [4.78, 5) is 14.0. The van der Waals surface area contributed by atoms with Crippen LogP contribution >= 0.6 is 0 Å². The molecule has 0 aromatic carbocycles. The number of rotatable bonds is 2. The van der Waals surface area contributed by atoms with Crippen molar-refractivity contribution in [2.24, 2.45) is 11.8 Å². The standard InChI is InChI=1S/C12H22N2O/c1-9(2)10-7-12(15)14(8-10)11-3-5-13-6-4-11/h9-11,13H,3-8H2,1-2H3. The summed E-state index contributed by atoms with van der Waals surface area (Å²) < 4.78 is 0. The van der Waals surface area contributed by atoms with E-state index in [1.54, 1.807) is 0 Å². The maximum atomic E-state index is 11.9. The van der Waals surface area contributed by atoms with Gasteiger partial charge < -0.3 is 10.2 Å². The van der Waals surface area contributed by atoms with Gasteiger partial charge in [0.15, 0.2) is 0 Å². The lowest BCUT2D eigenvalue weighted by Gasteiger charge is -2.32. The molecule has 1 atom stereocenters. The highest BCUT2D eigenvalue weighted by atomic mass is 16.2. The first-order chi connectivity index (χ1) is 7.18. The largest absolute Gasteiger partial charge is 0.339 e. The van der Waals surface area contributed by atoms with E-state index in [9.17, 15) is 4.79 Å². The average molecular weight is 210 g/mol. The maximum Gasteiger partial charge on any atom is 0.223 e. The van der Waals surface area contributed by atoms with Crippen LogP contribution in [0.15, 0.2) is 0 Å². The van der Waals surface area contributed by atoms with Gasteiger partial charge in [0.25, 0.3) is 0 Å². The number of piperidine rings is 1. The van der Waals surface area contributed by atoms with Gasteiger partial charge in [-0.15, -0.1) is 0 Å². The number of carbonyl (C=O) groups excluding carboxylic acids is 1. The predicted octanol–water partition coefficient (Wildman–Crippen LogP) is 1.24. The van der Waals surface area contributed by atoms with Crippen molar-refractivity contribution in [2.45, 2.75) is 39.2 Å². The molecular weight excluding hydrogens is 188 g/mol. The summed E-state index contributed by atoms with van der Waals surface area (Å²) in [5, 5.41) is 3.35. The van der Waals surface area contributed by atoms with Crippen LogP contribution in [0.2, 0.25) is 0 Å². The number of amides is 1. The Morgan fingerprint density at radius 1 is 1.33 bits per heavy atom. The van der Waals surface area contributed by atoms with Crippen molar-refractivity contribution >= 4 is 5.91 Å². The highest BCUT2D eigenvalue weighted by molar-refractivity contribution is 5.79. The summed E-state index contributed by atoms with van der Waals surface area (Å²) in [6.45, 7) is 7.59. The molecule has 0 saturated carbocycles. The fourth-order valence-electron chi connectivity index (χ4n) is 2.68. The van der Waals surface area contributed by atoms with E-state index in [2.05, 4.69) is 24.1 Å². The number of carbonyl (C=O) groups is 1. The second-order valence-electron chi connectivity index (χ2n) is 5.24. The van der Waals surface area contributed by atoms with Crippen LogP contribution in [0, 0.1) is 11.8 Å². The normalized spacial score (nSPS) is 29.1. The predicted molar refractivity (Wildman–Crippen MR) is 60.5 cm³/mol. The molecule has 2 saturated heterocycles. The summed E-state index contributed by atoms with van der Waals surface area (Å²) in [6.07, 6.45) is 3.05. The van der Waals surface area contributed by atoms with Crippen molar-refractivity contribution < 1.29 is 4.79 Å². The van der Waals surface area contributed by atoms with Crippen molar-refractivity contribution in [1.82, 2.24) is 10.2 Å². The van der Waals surface area contributed by atoms with Gasteiger partial charge in [-0.05, 0) is 37.8 Å². The van der Waals surface area contributed by atoms with Gasteiger partial charge in [-0.2, -0.15) is 0 Å². The molecule has 1 amide bonds. The number of nitrogens with zero attached hydrogens (tertiary/aromatic N) is 1. The van der Waals surface area contributed by atoms with E-state index in [0.717, 1.165) is 38.9 Å². The van der Waals surface area contributed by atoms with Gasteiger partial charge in [-0.1, -0.05) is 13.8 Å². The number of hydrogen-bond acceptors (Lipinski definition) is 2. The molecule has 86 valence electrons. The second kappa shape index (κ2) is 4.52. The minimum Gasteiger partial charge on any atom is -0.339 e. The van der Waals surface area contributed by atoms with Crippen LogP contribution in [0.4, 0.5) is 0 Å². The SMILES string of the molecule is CC(C)C1CC(=O)N(C2CCNCC2)C1. The van der Waals surface area contributed by atoms with Crippen LogP contribution in [-0.4, -0.2) is 36.5 Å². The van der Waals surface area contributed by atoms with E-state index in [-0.39, 0.29) is 0 Å². The Bertz CT molecular complexity index is 234. The van der Waals surface area contributed by atoms with Crippen LogP contribution in [0.1, 0.15) is 33.1 Å². The molecule has 1 unspecified atom stereocenters. The van der Waals surface area contributed by atoms with E-state index < -0.39 is 0 Å². The molecule has 0 bridgehead atoms. The quantitative estimate of drug-likeness (QED) is 0.744. The first kappa shape index (κ1) is 10.9. The highest BCUT2D eigenvalue weighted by Crippen LogP contribution is 2.28. The van der Waals surface area contributed by atoms with E-state index >= 15 is 0 Å². The molecule has 2 rings (SSSR count). The van der Waals surface area contributed by atoms with E-state index in [0.29, 0.717) is 23.8 Å². The maximum absolute atomic E-state index is 11.9. The zero-order valence-electron chi connectivity index (χ0n) is 9.83. The Kier molecular flexibility index (Phi) is 3.29. The Labute approximate surface area is 92.2 Å². The second-order valence-corrected chi connectivity index (χ2v) is 5.24. The van der Waals surface area contributed by atoms with E-state index in [1.807, 2.05) is 0 Å². The third kappa shape index (κ3) is 2.33. The minimum absolute atomic E-state index is 0.389. The van der Waals surface area contributed by atoms with Crippen molar-refractivity contribution in [3.63, 3.8) is 0 Å². The van der Waals surface area contributed by atoms with Crippen LogP contribution in [0.3, 0.4) is 0 Å². The first-order valence-corrected chi connectivity index (χ1v) is 6.18. The molecule has 2 fully saturated rings. The number of hydrogen-bond donors (Lipinski definition) is 1. The van der Waals surface area contributed by atoms with Gasteiger partial charge in [0.1, 0.15) is 0 Å². The lowest BCUT2D eigenvalue weighted by molar-refractivity contribution is -0.130. The highest BCUT2D eigenvalue weighted by Gasteiger charge is 2.35. The minimum atomic E-state index is 0.389. The summed E-state index contributed by atoms with van der Waals surface area (Å²) in [5.41, 5.74) is 0. The van der Waals surface area contributed by atoms with Crippen LogP contribution < -0.4 is 5.32 Å². The molecule has 0 aromatic heterocycles. The molecule has 0 aliphatic carbocycles. The van der Waals surface area contributed by atoms with Crippen molar-refractivity contribution in [3.05, 3.63) is 0 Å². The van der Waals surface area contributed by atoms with Crippen LogP contribution in [-0.2, 0) is 4.79 Å². The summed E-state index contributed by atoms with van der Waals surface area (Å²) >= 11 is 0. The molecular formula is C12H22N2O. The van der Waals surface area contributed by atoms with Gasteiger partial charge in [0.2, 0.25) is 5.91 Å². The van der Waals surface area contributed by atoms with Crippen molar-refractivity contribution in [1.29, 1.82) is 0 Å². The third-order valence-electron chi connectivity index (χ3n) is 3.88. The Balaban J connectivity index is 1.95.